The smallest absolute Gasteiger partial charge is 0.383 e. The number of rotatable bonds is 8. The highest BCUT2D eigenvalue weighted by atomic mass is 19.4. The Morgan fingerprint density at radius 3 is 2.53 bits per heavy atom. The van der Waals surface area contributed by atoms with Crippen molar-refractivity contribution in [2.45, 2.75) is 49.1 Å². The number of nitrogens with two attached hydrogens (primary N) is 2. The molecular weight excluding hydrogens is 562 g/mol. The van der Waals surface area contributed by atoms with E-state index in [1.54, 1.807) is 30.3 Å². The summed E-state index contributed by atoms with van der Waals surface area (Å²) in [6.45, 7) is 0. The van der Waals surface area contributed by atoms with Crippen LogP contribution in [0.1, 0.15) is 47.4 Å². The van der Waals surface area contributed by atoms with E-state index in [-0.39, 0.29) is 11.5 Å². The number of nitrogen functional groups attached to an aromatic ring is 1. The largest absolute Gasteiger partial charge is 0.433 e. The molecule has 0 aliphatic heterocycles. The topological polar surface area (TPSA) is 125 Å². The monoisotopic (exact) mass is 591 g/mol. The van der Waals surface area contributed by atoms with Crippen molar-refractivity contribution >= 4 is 22.5 Å². The first-order chi connectivity index (χ1) is 20.5. The molecule has 222 valence electrons. The van der Waals surface area contributed by atoms with Gasteiger partial charge >= 0.3 is 6.18 Å². The quantitative estimate of drug-likeness (QED) is 0.236. The zero-order chi connectivity index (χ0) is 30.4. The number of aromatic nitrogens is 4. The Bertz CT molecular complexity index is 1730. The van der Waals surface area contributed by atoms with Gasteiger partial charge in [-0.15, -0.1) is 0 Å². The molecule has 4 aromatic rings. The van der Waals surface area contributed by atoms with E-state index in [0.717, 1.165) is 12.8 Å². The summed E-state index contributed by atoms with van der Waals surface area (Å²) >= 11 is 0. The van der Waals surface area contributed by atoms with E-state index < -0.39 is 40.7 Å². The SMILES string of the molecule is Nc1nccc2ccc(-n3nc(C(=O)NC4(C(N)(CCC5CC5)c5ccncc5)C=CC=CC4F)cc3C(F)(F)F)cc12. The van der Waals surface area contributed by atoms with Crippen molar-refractivity contribution in [3.05, 3.63) is 102 Å². The molecule has 6 rings (SSSR count). The van der Waals surface area contributed by atoms with Crippen molar-refractivity contribution in [2.24, 2.45) is 11.7 Å². The third-order valence-electron chi connectivity index (χ3n) is 8.34. The van der Waals surface area contributed by atoms with Gasteiger partial charge in [-0.1, -0.05) is 37.1 Å². The number of allylic oxidation sites excluding steroid dienone is 2. The molecule has 0 spiro atoms. The maximum absolute atomic E-state index is 16.2. The first-order valence-electron chi connectivity index (χ1n) is 13.9. The molecule has 0 saturated heterocycles. The van der Waals surface area contributed by atoms with Crippen LogP contribution in [-0.2, 0) is 11.7 Å². The fourth-order valence-corrected chi connectivity index (χ4v) is 5.76. The number of carbonyl (C=O) groups excluding carboxylic acids is 1. The minimum Gasteiger partial charge on any atom is -0.383 e. The number of fused-ring (bicyclic) bond motifs is 1. The maximum Gasteiger partial charge on any atom is 0.433 e. The van der Waals surface area contributed by atoms with Gasteiger partial charge in [0, 0.05) is 30.0 Å². The molecule has 3 aromatic heterocycles. The van der Waals surface area contributed by atoms with Crippen LogP contribution in [0.2, 0.25) is 0 Å². The summed E-state index contributed by atoms with van der Waals surface area (Å²) in [5.41, 5.74) is 8.57. The number of amides is 1. The summed E-state index contributed by atoms with van der Waals surface area (Å²) in [6, 6.07) is 10.1. The molecule has 1 aromatic carbocycles. The van der Waals surface area contributed by atoms with Crippen LogP contribution in [0.15, 0.2) is 85.4 Å². The molecule has 43 heavy (non-hydrogen) atoms. The maximum atomic E-state index is 16.2. The van der Waals surface area contributed by atoms with Gasteiger partial charge in [0.1, 0.15) is 23.2 Å². The zero-order valence-corrected chi connectivity index (χ0v) is 22.9. The number of halogens is 4. The molecule has 1 saturated carbocycles. The van der Waals surface area contributed by atoms with Crippen LogP contribution in [0, 0.1) is 5.92 Å². The molecule has 3 unspecified atom stereocenters. The summed E-state index contributed by atoms with van der Waals surface area (Å²) in [7, 11) is 0. The van der Waals surface area contributed by atoms with E-state index in [2.05, 4.69) is 20.4 Å². The van der Waals surface area contributed by atoms with E-state index >= 15 is 4.39 Å². The van der Waals surface area contributed by atoms with E-state index in [0.29, 0.717) is 45.8 Å². The minimum atomic E-state index is -4.87. The molecule has 1 amide bonds. The number of hydrogen-bond acceptors (Lipinski definition) is 6. The lowest BCUT2D eigenvalue weighted by Crippen LogP contribution is -2.70. The summed E-state index contributed by atoms with van der Waals surface area (Å²) < 4.78 is 59.6. The predicted molar refractivity (Wildman–Crippen MR) is 154 cm³/mol. The van der Waals surface area contributed by atoms with Crippen LogP contribution in [0.3, 0.4) is 0 Å². The van der Waals surface area contributed by atoms with Crippen LogP contribution in [0.5, 0.6) is 0 Å². The van der Waals surface area contributed by atoms with Crippen LogP contribution in [0.25, 0.3) is 16.5 Å². The van der Waals surface area contributed by atoms with Crippen molar-refractivity contribution in [1.29, 1.82) is 0 Å². The molecular formula is C31H29F4N7O. The van der Waals surface area contributed by atoms with E-state index in [1.165, 1.54) is 49.0 Å². The van der Waals surface area contributed by atoms with Gasteiger partial charge in [0.15, 0.2) is 5.69 Å². The Balaban J connectivity index is 1.43. The molecule has 2 aliphatic carbocycles. The molecule has 3 atom stereocenters. The Morgan fingerprint density at radius 1 is 1.07 bits per heavy atom. The Kier molecular flexibility index (Phi) is 7.04. The van der Waals surface area contributed by atoms with Gasteiger partial charge in [0.05, 0.1) is 11.2 Å². The third kappa shape index (κ3) is 5.16. The molecule has 0 bridgehead atoms. The normalized spacial score (nSPS) is 21.6. The van der Waals surface area contributed by atoms with Crippen molar-refractivity contribution < 1.29 is 22.4 Å². The van der Waals surface area contributed by atoms with Gasteiger partial charge in [-0.25, -0.2) is 14.1 Å². The number of nitrogens with one attached hydrogen (secondary N) is 1. The lowest BCUT2D eigenvalue weighted by Gasteiger charge is -2.49. The second kappa shape index (κ2) is 10.6. The molecule has 0 radical (unpaired) electrons. The van der Waals surface area contributed by atoms with E-state index in [9.17, 15) is 18.0 Å². The van der Waals surface area contributed by atoms with Gasteiger partial charge in [0.25, 0.3) is 5.91 Å². The first kappa shape index (κ1) is 28.5. The first-order valence-corrected chi connectivity index (χ1v) is 13.9. The number of anilines is 1. The Hall–Kier alpha value is -4.58. The number of carbonyl (C=O) groups is 1. The van der Waals surface area contributed by atoms with Crippen molar-refractivity contribution in [3.63, 3.8) is 0 Å². The average Bonchev–Trinajstić information content (AvgIpc) is 3.71. The second-order valence-corrected chi connectivity index (χ2v) is 11.1. The molecule has 5 N–H and O–H groups in total. The lowest BCUT2D eigenvalue weighted by atomic mass is 9.66. The number of nitrogens with zero attached hydrogens (tertiary/aromatic N) is 4. The Morgan fingerprint density at radius 2 is 1.84 bits per heavy atom. The highest BCUT2D eigenvalue weighted by molar-refractivity contribution is 5.94. The fraction of sp³-hybridized carbons (Fsp3) is 0.290. The van der Waals surface area contributed by atoms with Gasteiger partial charge < -0.3 is 16.8 Å². The molecule has 1 fully saturated rings. The zero-order valence-electron chi connectivity index (χ0n) is 22.9. The summed E-state index contributed by atoms with van der Waals surface area (Å²) in [5.74, 6) is -0.438. The second-order valence-electron chi connectivity index (χ2n) is 11.1. The molecule has 2 aliphatic rings. The van der Waals surface area contributed by atoms with Gasteiger partial charge in [-0.3, -0.25) is 9.78 Å². The summed E-state index contributed by atoms with van der Waals surface area (Å²) in [5, 5.41) is 7.84. The van der Waals surface area contributed by atoms with Crippen LogP contribution < -0.4 is 16.8 Å². The summed E-state index contributed by atoms with van der Waals surface area (Å²) in [6.07, 6.45) is 6.79. The number of hydrogen-bond donors (Lipinski definition) is 3. The van der Waals surface area contributed by atoms with Crippen LogP contribution in [-0.4, -0.2) is 37.4 Å². The molecule has 3 heterocycles. The highest BCUT2D eigenvalue weighted by Crippen LogP contribution is 2.45. The predicted octanol–water partition coefficient (Wildman–Crippen LogP) is 5.39. The van der Waals surface area contributed by atoms with Crippen LogP contribution >= 0.6 is 0 Å². The summed E-state index contributed by atoms with van der Waals surface area (Å²) in [4.78, 5) is 21.9. The minimum absolute atomic E-state index is 0.0199. The average molecular weight is 592 g/mol. The number of pyridine rings is 2. The van der Waals surface area contributed by atoms with Crippen molar-refractivity contribution in [3.8, 4) is 5.69 Å². The number of benzene rings is 1. The molecule has 8 nitrogen and oxygen atoms in total. The number of alkyl halides is 4. The van der Waals surface area contributed by atoms with Crippen molar-refractivity contribution in [2.75, 3.05) is 5.73 Å². The lowest BCUT2D eigenvalue weighted by molar-refractivity contribution is -0.142. The van der Waals surface area contributed by atoms with E-state index in [4.69, 9.17) is 11.5 Å². The fourth-order valence-electron chi connectivity index (χ4n) is 5.76. The molecule has 12 heteroatoms. The van der Waals surface area contributed by atoms with E-state index in [1.807, 2.05) is 0 Å². The Labute approximate surface area is 244 Å². The van der Waals surface area contributed by atoms with Gasteiger partial charge in [-0.2, -0.15) is 18.3 Å². The van der Waals surface area contributed by atoms with Gasteiger partial charge in [0.2, 0.25) is 0 Å². The van der Waals surface area contributed by atoms with Gasteiger partial charge in [-0.05, 0) is 66.1 Å². The highest BCUT2D eigenvalue weighted by Gasteiger charge is 2.55. The standard InChI is InChI=1S/C31H29F4N7O/c32-25-3-1-2-12-30(25,29(37,13-8-19-4-5-19)21-10-14-38-15-11-21)40-28(43)24-18-26(31(33,34)35)42(41-24)22-7-6-20-9-16-39-27(36)23(20)17-22/h1-3,6-7,9-12,14-19,25H,4-5,8,13,37H2,(H2,36,39)(H,40,43). The van der Waals surface area contributed by atoms with Crippen LogP contribution in [0.4, 0.5) is 23.4 Å². The third-order valence-corrected chi connectivity index (χ3v) is 8.34. The van der Waals surface area contributed by atoms with Crippen molar-refractivity contribution in [1.82, 2.24) is 25.1 Å².